The van der Waals surface area contributed by atoms with E-state index in [4.69, 9.17) is 14.6 Å². The van der Waals surface area contributed by atoms with E-state index in [-0.39, 0.29) is 24.8 Å². The third kappa shape index (κ3) is 12.2. The van der Waals surface area contributed by atoms with Gasteiger partial charge in [-0.15, -0.1) is 0 Å². The number of hydrogen-bond acceptors (Lipinski definition) is 6. The van der Waals surface area contributed by atoms with Crippen LogP contribution < -0.4 is 0 Å². The highest BCUT2D eigenvalue weighted by atomic mass is 16.5. The van der Waals surface area contributed by atoms with Gasteiger partial charge in [-0.2, -0.15) is 0 Å². The lowest BCUT2D eigenvalue weighted by Crippen LogP contribution is -2.26. The molecule has 1 N–H and O–H groups in total. The van der Waals surface area contributed by atoms with Gasteiger partial charge in [-0.1, -0.05) is 45.6 Å². The van der Waals surface area contributed by atoms with E-state index in [0.29, 0.717) is 6.61 Å². The van der Waals surface area contributed by atoms with Crippen LogP contribution in [0, 0.1) is 0 Å². The molecular weight excluding hydrogens is 340 g/mol. The Kier molecular flexibility index (Phi) is 12.9. The van der Waals surface area contributed by atoms with Gasteiger partial charge >= 0.3 is 17.9 Å². The summed E-state index contributed by atoms with van der Waals surface area (Å²) >= 11 is 0. The molecule has 0 rings (SSSR count). The summed E-state index contributed by atoms with van der Waals surface area (Å²) in [6.45, 7) is 7.28. The van der Waals surface area contributed by atoms with Crippen LogP contribution in [0.25, 0.3) is 0 Å². The van der Waals surface area contributed by atoms with E-state index >= 15 is 0 Å². The minimum atomic E-state index is -1.10. The third-order valence-electron chi connectivity index (χ3n) is 3.73. The highest BCUT2D eigenvalue weighted by Gasteiger charge is 2.21. The molecule has 0 amide bonds. The number of carbonyl (C=O) groups is 4. The van der Waals surface area contributed by atoms with E-state index in [2.05, 4.69) is 13.5 Å². The summed E-state index contributed by atoms with van der Waals surface area (Å²) in [6, 6.07) is 0. The van der Waals surface area contributed by atoms with Gasteiger partial charge in [0.1, 0.15) is 0 Å². The largest absolute Gasteiger partial charge is 0.481 e. The van der Waals surface area contributed by atoms with Crippen molar-refractivity contribution in [1.29, 1.82) is 0 Å². The number of aliphatic carboxylic acids is 1. The molecule has 0 aliphatic heterocycles. The SMILES string of the molecule is C=C(CC(=O)OCCCCCCCC)C(=O)OC(C)C(=O)CCC(=O)O. The van der Waals surface area contributed by atoms with Crippen molar-refractivity contribution < 1.29 is 33.8 Å². The van der Waals surface area contributed by atoms with E-state index < -0.39 is 29.8 Å². The number of carbonyl (C=O) groups excluding carboxylic acids is 3. The summed E-state index contributed by atoms with van der Waals surface area (Å²) in [5, 5.41) is 8.53. The van der Waals surface area contributed by atoms with E-state index in [1.54, 1.807) is 0 Å². The molecule has 1 atom stereocenters. The van der Waals surface area contributed by atoms with E-state index in [1.165, 1.54) is 26.2 Å². The molecule has 1 unspecified atom stereocenters. The molecule has 0 heterocycles. The van der Waals surface area contributed by atoms with Gasteiger partial charge in [-0.05, 0) is 13.3 Å². The number of ketones is 1. The molecule has 7 heteroatoms. The van der Waals surface area contributed by atoms with Crippen LogP contribution in [0.2, 0.25) is 0 Å². The molecule has 0 fully saturated rings. The van der Waals surface area contributed by atoms with Crippen LogP contribution in [0.1, 0.15) is 71.6 Å². The molecule has 0 spiro atoms. The summed E-state index contributed by atoms with van der Waals surface area (Å²) in [7, 11) is 0. The molecule has 7 nitrogen and oxygen atoms in total. The number of rotatable bonds is 15. The molecule has 0 aliphatic carbocycles. The van der Waals surface area contributed by atoms with Crippen molar-refractivity contribution in [3.05, 3.63) is 12.2 Å². The maximum Gasteiger partial charge on any atom is 0.334 e. The maximum absolute atomic E-state index is 11.8. The minimum absolute atomic E-state index is 0.101. The molecule has 0 aromatic heterocycles. The number of hydrogen-bond donors (Lipinski definition) is 1. The molecule has 26 heavy (non-hydrogen) atoms. The average molecular weight is 370 g/mol. The summed E-state index contributed by atoms with van der Waals surface area (Å²) < 4.78 is 9.95. The van der Waals surface area contributed by atoms with Gasteiger partial charge in [0.05, 0.1) is 19.4 Å². The monoisotopic (exact) mass is 370 g/mol. The third-order valence-corrected chi connectivity index (χ3v) is 3.73. The lowest BCUT2D eigenvalue weighted by atomic mass is 10.1. The van der Waals surface area contributed by atoms with Gasteiger partial charge in [-0.25, -0.2) is 4.79 Å². The fourth-order valence-electron chi connectivity index (χ4n) is 2.11. The number of Topliss-reactive ketones (excluding diaryl/α,β-unsaturated/α-hetero) is 1. The van der Waals surface area contributed by atoms with Gasteiger partial charge in [0.2, 0.25) is 0 Å². The first-order valence-corrected chi connectivity index (χ1v) is 9.06. The Bertz CT molecular complexity index is 496. The molecule has 0 aromatic rings. The molecule has 0 bridgehead atoms. The maximum atomic E-state index is 11.8. The Labute approximate surface area is 154 Å². The number of ether oxygens (including phenoxy) is 2. The standard InChI is InChI=1S/C19H30O7/c1-4-5-6-7-8-9-12-25-18(23)13-14(2)19(24)26-15(3)16(20)10-11-17(21)22/h15H,2,4-13H2,1,3H3,(H,21,22). The quantitative estimate of drug-likeness (QED) is 0.268. The first-order valence-electron chi connectivity index (χ1n) is 9.06. The molecule has 0 radical (unpaired) electrons. The zero-order valence-electron chi connectivity index (χ0n) is 15.8. The van der Waals surface area contributed by atoms with E-state index in [1.807, 2.05) is 0 Å². The van der Waals surface area contributed by atoms with E-state index in [0.717, 1.165) is 19.3 Å². The van der Waals surface area contributed by atoms with Crippen molar-refractivity contribution in [2.24, 2.45) is 0 Å². The molecule has 0 saturated carbocycles. The first-order chi connectivity index (χ1) is 12.3. The number of carboxylic acids is 1. The molecular formula is C19H30O7. The van der Waals surface area contributed by atoms with Crippen LogP contribution in [0.3, 0.4) is 0 Å². The molecule has 148 valence electrons. The Morgan fingerprint density at radius 2 is 1.62 bits per heavy atom. The summed E-state index contributed by atoms with van der Waals surface area (Å²) in [4.78, 5) is 45.5. The second kappa shape index (κ2) is 14.0. The molecule has 0 aromatic carbocycles. The second-order valence-electron chi connectivity index (χ2n) is 6.18. The van der Waals surface area contributed by atoms with Crippen LogP contribution in [-0.4, -0.2) is 41.5 Å². The van der Waals surface area contributed by atoms with Gasteiger partial charge in [0.15, 0.2) is 11.9 Å². The van der Waals surface area contributed by atoms with Crippen molar-refractivity contribution in [2.45, 2.75) is 77.7 Å². The summed E-state index contributed by atoms with van der Waals surface area (Å²) in [6.07, 6.45) is 4.50. The van der Waals surface area contributed by atoms with Crippen LogP contribution in [-0.2, 0) is 28.7 Å². The second-order valence-corrected chi connectivity index (χ2v) is 6.18. The predicted molar refractivity (Wildman–Crippen MR) is 95.5 cm³/mol. The van der Waals surface area contributed by atoms with Crippen molar-refractivity contribution in [3.63, 3.8) is 0 Å². The minimum Gasteiger partial charge on any atom is -0.481 e. The topological polar surface area (TPSA) is 107 Å². The summed E-state index contributed by atoms with van der Waals surface area (Å²) in [5.41, 5.74) is -0.101. The summed E-state index contributed by atoms with van der Waals surface area (Å²) in [5.74, 6) is -3.03. The van der Waals surface area contributed by atoms with Crippen LogP contribution in [0.5, 0.6) is 0 Å². The number of esters is 2. The molecule has 0 saturated heterocycles. The highest BCUT2D eigenvalue weighted by Crippen LogP contribution is 2.09. The van der Waals surface area contributed by atoms with Gasteiger partial charge in [0, 0.05) is 12.0 Å². The smallest absolute Gasteiger partial charge is 0.334 e. The fraction of sp³-hybridized carbons (Fsp3) is 0.684. The number of unbranched alkanes of at least 4 members (excludes halogenated alkanes) is 5. The normalized spacial score (nSPS) is 11.5. The molecule has 0 aliphatic rings. The number of carboxylic acid groups (broad SMARTS) is 1. The predicted octanol–water partition coefficient (Wildman–Crippen LogP) is 3.20. The van der Waals surface area contributed by atoms with Crippen LogP contribution >= 0.6 is 0 Å². The van der Waals surface area contributed by atoms with Crippen molar-refractivity contribution in [2.75, 3.05) is 6.61 Å². The van der Waals surface area contributed by atoms with Crippen molar-refractivity contribution in [3.8, 4) is 0 Å². The lowest BCUT2D eigenvalue weighted by molar-refractivity contribution is -0.152. The van der Waals surface area contributed by atoms with Crippen molar-refractivity contribution >= 4 is 23.7 Å². The highest BCUT2D eigenvalue weighted by molar-refractivity contribution is 5.95. The van der Waals surface area contributed by atoms with Gasteiger partial charge in [0.25, 0.3) is 0 Å². The average Bonchev–Trinajstić information content (AvgIpc) is 2.58. The Balaban J connectivity index is 3.98. The van der Waals surface area contributed by atoms with Gasteiger partial charge in [-0.3, -0.25) is 14.4 Å². The van der Waals surface area contributed by atoms with Crippen LogP contribution in [0.4, 0.5) is 0 Å². The first kappa shape index (κ1) is 23.8. The Morgan fingerprint density at radius 1 is 1.00 bits per heavy atom. The van der Waals surface area contributed by atoms with Crippen molar-refractivity contribution in [1.82, 2.24) is 0 Å². The van der Waals surface area contributed by atoms with E-state index in [9.17, 15) is 19.2 Å². The Hall–Kier alpha value is -2.18. The zero-order chi connectivity index (χ0) is 19.9. The lowest BCUT2D eigenvalue weighted by Gasteiger charge is -2.13. The fourth-order valence-corrected chi connectivity index (χ4v) is 2.11. The zero-order valence-corrected chi connectivity index (χ0v) is 15.8. The van der Waals surface area contributed by atoms with Gasteiger partial charge < -0.3 is 14.6 Å². The van der Waals surface area contributed by atoms with Crippen LogP contribution in [0.15, 0.2) is 12.2 Å². The Morgan fingerprint density at radius 3 is 2.23 bits per heavy atom.